The van der Waals surface area contributed by atoms with Crippen molar-refractivity contribution in [3.63, 3.8) is 0 Å². The fourth-order valence-corrected chi connectivity index (χ4v) is 2.68. The Balaban J connectivity index is 1.68. The summed E-state index contributed by atoms with van der Waals surface area (Å²) >= 11 is 0. The van der Waals surface area contributed by atoms with Crippen molar-refractivity contribution in [3.05, 3.63) is 40.4 Å². The Morgan fingerprint density at radius 2 is 2.27 bits per heavy atom. The molecule has 3 rings (SSSR count). The third kappa shape index (κ3) is 3.17. The number of ether oxygens (including phenoxy) is 1. The van der Waals surface area contributed by atoms with Gasteiger partial charge >= 0.3 is 0 Å². The maximum atomic E-state index is 12.2. The van der Waals surface area contributed by atoms with Crippen LogP contribution in [-0.4, -0.2) is 46.6 Å². The number of aromatic amines is 1. The molecule has 0 aliphatic carbocycles. The lowest BCUT2D eigenvalue weighted by Gasteiger charge is -2.31. The van der Waals surface area contributed by atoms with Gasteiger partial charge in [0.05, 0.1) is 23.6 Å². The molecule has 1 amide bonds. The summed E-state index contributed by atoms with van der Waals surface area (Å²) in [5.74, 6) is 0.629. The maximum Gasteiger partial charge on any atom is 0.258 e. The normalized spacial score (nSPS) is 18.6. The van der Waals surface area contributed by atoms with Crippen molar-refractivity contribution in [1.29, 1.82) is 0 Å². The summed E-state index contributed by atoms with van der Waals surface area (Å²) in [5.41, 5.74) is 0.502. The average molecular weight is 301 g/mol. The van der Waals surface area contributed by atoms with Crippen LogP contribution in [0.3, 0.4) is 0 Å². The zero-order chi connectivity index (χ0) is 15.5. The number of aromatic nitrogens is 2. The van der Waals surface area contributed by atoms with Crippen LogP contribution in [0.2, 0.25) is 0 Å². The van der Waals surface area contributed by atoms with Gasteiger partial charge in [-0.05, 0) is 19.1 Å². The Kier molecular flexibility index (Phi) is 4.20. The van der Waals surface area contributed by atoms with Crippen LogP contribution in [0.25, 0.3) is 10.9 Å². The molecule has 6 heteroatoms. The van der Waals surface area contributed by atoms with Gasteiger partial charge in [-0.2, -0.15) is 0 Å². The van der Waals surface area contributed by atoms with E-state index in [0.717, 1.165) is 0 Å². The second-order valence-corrected chi connectivity index (χ2v) is 5.55. The lowest BCUT2D eigenvalue weighted by molar-refractivity contribution is -0.138. The Hall–Kier alpha value is -2.21. The number of amides is 1. The van der Waals surface area contributed by atoms with E-state index in [1.165, 1.54) is 0 Å². The highest BCUT2D eigenvalue weighted by atomic mass is 16.5. The van der Waals surface area contributed by atoms with Gasteiger partial charge in [-0.15, -0.1) is 0 Å². The molecule has 1 aromatic carbocycles. The number of H-pyrrole nitrogens is 1. The second kappa shape index (κ2) is 6.27. The summed E-state index contributed by atoms with van der Waals surface area (Å²) in [7, 11) is 0. The van der Waals surface area contributed by atoms with Crippen LogP contribution in [0.1, 0.15) is 19.2 Å². The number of hydrogen-bond donors (Lipinski definition) is 1. The third-order valence-electron chi connectivity index (χ3n) is 3.83. The monoisotopic (exact) mass is 301 g/mol. The highest BCUT2D eigenvalue weighted by Crippen LogP contribution is 2.09. The molecule has 1 saturated heterocycles. The van der Waals surface area contributed by atoms with Gasteiger partial charge in [0.25, 0.3) is 5.56 Å². The number of morpholine rings is 1. The van der Waals surface area contributed by atoms with E-state index in [0.29, 0.717) is 49.3 Å². The molecule has 0 spiro atoms. The quantitative estimate of drug-likeness (QED) is 0.921. The van der Waals surface area contributed by atoms with Crippen molar-refractivity contribution in [2.24, 2.45) is 0 Å². The fraction of sp³-hybridized carbons (Fsp3) is 0.438. The summed E-state index contributed by atoms with van der Waals surface area (Å²) in [6, 6.07) is 7.20. The predicted molar refractivity (Wildman–Crippen MR) is 82.7 cm³/mol. The number of nitrogens with one attached hydrogen (secondary N) is 1. The molecular formula is C16H19N3O3. The molecule has 116 valence electrons. The Morgan fingerprint density at radius 3 is 3.09 bits per heavy atom. The molecule has 1 fully saturated rings. The first kappa shape index (κ1) is 14.7. The standard InChI is InChI=1S/C16H19N3O3/c1-11-10-19(8-9-22-11)15(20)7-6-14-17-13-5-3-2-4-12(13)16(21)18-14/h2-5,11H,6-10H2,1H3,(H,17,18,21)/t11-/m1/s1. The van der Waals surface area contributed by atoms with Gasteiger partial charge in [0.2, 0.25) is 5.91 Å². The molecule has 0 unspecified atom stereocenters. The van der Waals surface area contributed by atoms with Crippen LogP contribution in [0.5, 0.6) is 0 Å². The fourth-order valence-electron chi connectivity index (χ4n) is 2.68. The van der Waals surface area contributed by atoms with E-state index < -0.39 is 0 Å². The van der Waals surface area contributed by atoms with Gasteiger partial charge in [-0.1, -0.05) is 12.1 Å². The van der Waals surface area contributed by atoms with Crippen LogP contribution < -0.4 is 5.56 Å². The summed E-state index contributed by atoms with van der Waals surface area (Å²) in [6.07, 6.45) is 0.856. The van der Waals surface area contributed by atoms with Crippen molar-refractivity contribution in [1.82, 2.24) is 14.9 Å². The van der Waals surface area contributed by atoms with E-state index in [1.54, 1.807) is 12.1 Å². The Labute approximate surface area is 128 Å². The molecule has 1 N–H and O–H groups in total. The largest absolute Gasteiger partial charge is 0.375 e. The topological polar surface area (TPSA) is 75.3 Å². The van der Waals surface area contributed by atoms with E-state index in [1.807, 2.05) is 24.0 Å². The summed E-state index contributed by atoms with van der Waals surface area (Å²) in [5, 5.41) is 0.569. The number of hydrogen-bond acceptors (Lipinski definition) is 4. The van der Waals surface area contributed by atoms with E-state index >= 15 is 0 Å². The van der Waals surface area contributed by atoms with Gasteiger partial charge in [0.15, 0.2) is 0 Å². The van der Waals surface area contributed by atoms with Crippen molar-refractivity contribution in [3.8, 4) is 0 Å². The number of carbonyl (C=O) groups excluding carboxylic acids is 1. The molecule has 1 aliphatic rings. The zero-order valence-corrected chi connectivity index (χ0v) is 12.5. The van der Waals surface area contributed by atoms with Crippen molar-refractivity contribution >= 4 is 16.8 Å². The van der Waals surface area contributed by atoms with Gasteiger partial charge < -0.3 is 14.6 Å². The lowest BCUT2D eigenvalue weighted by Crippen LogP contribution is -2.44. The van der Waals surface area contributed by atoms with Crippen LogP contribution in [-0.2, 0) is 16.0 Å². The maximum absolute atomic E-state index is 12.2. The van der Waals surface area contributed by atoms with Gasteiger partial charge in [0, 0.05) is 25.9 Å². The van der Waals surface area contributed by atoms with Gasteiger partial charge in [-0.25, -0.2) is 4.98 Å². The minimum atomic E-state index is -0.159. The van der Waals surface area contributed by atoms with Crippen molar-refractivity contribution in [2.45, 2.75) is 25.9 Å². The van der Waals surface area contributed by atoms with Gasteiger partial charge in [-0.3, -0.25) is 9.59 Å². The molecule has 0 radical (unpaired) electrons. The Morgan fingerprint density at radius 1 is 1.45 bits per heavy atom. The highest BCUT2D eigenvalue weighted by Gasteiger charge is 2.21. The van der Waals surface area contributed by atoms with Crippen molar-refractivity contribution in [2.75, 3.05) is 19.7 Å². The third-order valence-corrected chi connectivity index (χ3v) is 3.83. The number of benzene rings is 1. The van der Waals surface area contributed by atoms with Crippen LogP contribution >= 0.6 is 0 Å². The van der Waals surface area contributed by atoms with Crippen LogP contribution in [0, 0.1) is 0 Å². The van der Waals surface area contributed by atoms with E-state index in [2.05, 4.69) is 9.97 Å². The first-order valence-corrected chi connectivity index (χ1v) is 7.51. The summed E-state index contributed by atoms with van der Waals surface area (Å²) in [4.78, 5) is 33.2. The first-order chi connectivity index (χ1) is 10.6. The molecule has 2 heterocycles. The molecule has 22 heavy (non-hydrogen) atoms. The van der Waals surface area contributed by atoms with E-state index in [-0.39, 0.29) is 17.6 Å². The first-order valence-electron chi connectivity index (χ1n) is 7.51. The number of rotatable bonds is 3. The lowest BCUT2D eigenvalue weighted by atomic mass is 10.2. The number of para-hydroxylation sites is 1. The SMILES string of the molecule is C[C@@H]1CN(C(=O)CCc2nc3ccccc3c(=O)[nH]2)CCO1. The van der Waals surface area contributed by atoms with Crippen LogP contribution in [0.15, 0.2) is 29.1 Å². The average Bonchev–Trinajstić information content (AvgIpc) is 2.53. The van der Waals surface area contributed by atoms with E-state index in [4.69, 9.17) is 4.74 Å². The molecule has 1 aliphatic heterocycles. The van der Waals surface area contributed by atoms with E-state index in [9.17, 15) is 9.59 Å². The molecule has 0 bridgehead atoms. The molecule has 0 saturated carbocycles. The van der Waals surface area contributed by atoms with Gasteiger partial charge in [0.1, 0.15) is 5.82 Å². The smallest absolute Gasteiger partial charge is 0.258 e. The Bertz CT molecular complexity index is 741. The number of aryl methyl sites for hydroxylation is 1. The number of fused-ring (bicyclic) bond motifs is 1. The predicted octanol–water partition coefficient (Wildman–Crippen LogP) is 1.10. The number of nitrogens with zero attached hydrogens (tertiary/aromatic N) is 2. The minimum absolute atomic E-state index is 0.0750. The number of carbonyl (C=O) groups is 1. The van der Waals surface area contributed by atoms with Crippen molar-refractivity contribution < 1.29 is 9.53 Å². The molecule has 1 aromatic heterocycles. The minimum Gasteiger partial charge on any atom is -0.375 e. The molecule has 1 atom stereocenters. The zero-order valence-electron chi connectivity index (χ0n) is 12.5. The second-order valence-electron chi connectivity index (χ2n) is 5.55. The molecule has 6 nitrogen and oxygen atoms in total. The highest BCUT2D eigenvalue weighted by molar-refractivity contribution is 5.78. The summed E-state index contributed by atoms with van der Waals surface area (Å²) < 4.78 is 5.43. The molecular weight excluding hydrogens is 282 g/mol. The summed E-state index contributed by atoms with van der Waals surface area (Å²) in [6.45, 7) is 3.80. The molecule has 2 aromatic rings. The van der Waals surface area contributed by atoms with Crippen LogP contribution in [0.4, 0.5) is 0 Å².